The van der Waals surface area contributed by atoms with Gasteiger partial charge in [-0.05, 0) is 58.5 Å². The van der Waals surface area contributed by atoms with Crippen LogP contribution < -0.4 is 10.2 Å². The quantitative estimate of drug-likeness (QED) is 0.349. The van der Waals surface area contributed by atoms with E-state index in [9.17, 15) is 18.0 Å². The van der Waals surface area contributed by atoms with E-state index in [1.165, 1.54) is 23.9 Å². The first-order valence-corrected chi connectivity index (χ1v) is 10.4. The van der Waals surface area contributed by atoms with Crippen molar-refractivity contribution in [1.82, 2.24) is 5.43 Å². The lowest BCUT2D eigenvalue weighted by Crippen LogP contribution is -2.17. The molecule has 0 aliphatic rings. The molecule has 0 aliphatic carbocycles. The minimum absolute atomic E-state index is 0.0755. The highest BCUT2D eigenvalue weighted by Crippen LogP contribution is 2.29. The summed E-state index contributed by atoms with van der Waals surface area (Å²) in [4.78, 5) is 12.2. The number of rotatable bonds is 6. The summed E-state index contributed by atoms with van der Waals surface area (Å²) in [5.41, 5.74) is 4.33. The highest BCUT2D eigenvalue weighted by molar-refractivity contribution is 5.94. The minimum atomic E-state index is -4.44. The maximum atomic E-state index is 12.8. The first-order valence-electron chi connectivity index (χ1n) is 10.4. The summed E-state index contributed by atoms with van der Waals surface area (Å²) in [5, 5.41) is 3.75. The van der Waals surface area contributed by atoms with Crippen LogP contribution in [-0.2, 0) is 18.2 Å². The number of amides is 1. The average molecular weight is 454 g/mol. The smallest absolute Gasteiger partial charge is 0.416 e. The van der Waals surface area contributed by atoms with E-state index < -0.39 is 17.6 Å². The number of alkyl halides is 3. The SMILES string of the molecule is CC(C)(C)c1ccc(OCc2ccc(C(=O)NN=Cc3cccc(C(F)(F)F)c3)cc2)cc1. The van der Waals surface area contributed by atoms with Crippen LogP contribution in [0, 0.1) is 0 Å². The van der Waals surface area contributed by atoms with Gasteiger partial charge in [-0.3, -0.25) is 4.79 Å². The summed E-state index contributed by atoms with van der Waals surface area (Å²) in [6.07, 6.45) is -3.27. The fourth-order valence-electron chi connectivity index (χ4n) is 3.00. The van der Waals surface area contributed by atoms with Gasteiger partial charge in [0.25, 0.3) is 5.91 Å². The minimum Gasteiger partial charge on any atom is -0.489 e. The number of hydrogen-bond acceptors (Lipinski definition) is 3. The molecule has 0 aliphatic heterocycles. The number of nitrogens with zero attached hydrogens (tertiary/aromatic N) is 1. The monoisotopic (exact) mass is 454 g/mol. The molecule has 0 spiro atoms. The summed E-state index contributed by atoms with van der Waals surface area (Å²) < 4.78 is 44.1. The highest BCUT2D eigenvalue weighted by Gasteiger charge is 2.30. The van der Waals surface area contributed by atoms with Crippen LogP contribution >= 0.6 is 0 Å². The number of halogens is 3. The van der Waals surface area contributed by atoms with E-state index in [4.69, 9.17) is 4.74 Å². The van der Waals surface area contributed by atoms with Crippen molar-refractivity contribution in [3.8, 4) is 5.75 Å². The molecule has 0 fully saturated rings. The summed E-state index contributed by atoms with van der Waals surface area (Å²) in [6.45, 7) is 6.80. The number of carbonyl (C=O) groups is 1. The van der Waals surface area contributed by atoms with E-state index in [1.807, 2.05) is 24.3 Å². The van der Waals surface area contributed by atoms with Gasteiger partial charge in [0.15, 0.2) is 0 Å². The molecule has 0 radical (unpaired) electrons. The summed E-state index contributed by atoms with van der Waals surface area (Å²) in [6, 6.07) is 19.5. The molecule has 0 unspecified atom stereocenters. The maximum Gasteiger partial charge on any atom is 0.416 e. The van der Waals surface area contributed by atoms with Crippen LogP contribution in [0.2, 0.25) is 0 Å². The van der Waals surface area contributed by atoms with Crippen molar-refractivity contribution in [2.24, 2.45) is 5.10 Å². The third-order valence-electron chi connectivity index (χ3n) is 4.94. The number of nitrogens with one attached hydrogen (secondary N) is 1. The fourth-order valence-corrected chi connectivity index (χ4v) is 3.00. The van der Waals surface area contributed by atoms with Crippen LogP contribution in [0.25, 0.3) is 0 Å². The molecule has 33 heavy (non-hydrogen) atoms. The first-order chi connectivity index (χ1) is 15.5. The Bertz CT molecular complexity index is 1110. The molecular formula is C26H25F3N2O2. The standard InChI is InChI=1S/C26H25F3N2O2/c1-25(2,3)21-11-13-23(14-12-21)33-17-18-7-9-20(10-8-18)24(32)31-30-16-19-5-4-6-22(15-19)26(27,28)29/h4-16H,17H2,1-3H3,(H,31,32). The second-order valence-electron chi connectivity index (χ2n) is 8.58. The molecule has 0 atom stereocenters. The Labute approximate surface area is 191 Å². The molecular weight excluding hydrogens is 429 g/mol. The van der Waals surface area contributed by atoms with E-state index >= 15 is 0 Å². The van der Waals surface area contributed by atoms with Gasteiger partial charge >= 0.3 is 6.18 Å². The van der Waals surface area contributed by atoms with Gasteiger partial charge < -0.3 is 4.74 Å². The second-order valence-corrected chi connectivity index (χ2v) is 8.58. The summed E-state index contributed by atoms with van der Waals surface area (Å²) in [7, 11) is 0. The number of benzene rings is 3. The van der Waals surface area contributed by atoms with E-state index in [-0.39, 0.29) is 11.0 Å². The zero-order chi connectivity index (χ0) is 24.1. The number of hydrazone groups is 1. The molecule has 0 bridgehead atoms. The van der Waals surface area contributed by atoms with Crippen LogP contribution in [0.1, 0.15) is 53.4 Å². The van der Waals surface area contributed by atoms with Crippen LogP contribution in [-0.4, -0.2) is 12.1 Å². The zero-order valence-corrected chi connectivity index (χ0v) is 18.6. The van der Waals surface area contributed by atoms with E-state index in [0.29, 0.717) is 12.2 Å². The van der Waals surface area contributed by atoms with Crippen molar-refractivity contribution in [1.29, 1.82) is 0 Å². The molecule has 3 aromatic rings. The Hall–Kier alpha value is -3.61. The Morgan fingerprint density at radius 1 is 0.939 bits per heavy atom. The lowest BCUT2D eigenvalue weighted by Gasteiger charge is -2.19. The predicted octanol–water partition coefficient (Wildman–Crippen LogP) is 6.35. The largest absolute Gasteiger partial charge is 0.489 e. The highest BCUT2D eigenvalue weighted by atomic mass is 19.4. The molecule has 172 valence electrons. The fraction of sp³-hybridized carbons (Fsp3) is 0.231. The number of carbonyl (C=O) groups excluding carboxylic acids is 1. The van der Waals surface area contributed by atoms with Crippen LogP contribution in [0.15, 0.2) is 77.9 Å². The third-order valence-corrected chi connectivity index (χ3v) is 4.94. The maximum absolute atomic E-state index is 12.8. The van der Waals surface area contributed by atoms with Crippen molar-refractivity contribution in [3.05, 3.63) is 101 Å². The van der Waals surface area contributed by atoms with Crippen LogP contribution in [0.5, 0.6) is 5.75 Å². The molecule has 7 heteroatoms. The van der Waals surface area contributed by atoms with Gasteiger partial charge in [-0.25, -0.2) is 5.43 Å². The topological polar surface area (TPSA) is 50.7 Å². The van der Waals surface area contributed by atoms with Gasteiger partial charge in [0.1, 0.15) is 12.4 Å². The van der Waals surface area contributed by atoms with Crippen LogP contribution in [0.3, 0.4) is 0 Å². The molecule has 4 nitrogen and oxygen atoms in total. The van der Waals surface area contributed by atoms with E-state index in [0.717, 1.165) is 23.4 Å². The molecule has 0 aromatic heterocycles. The molecule has 1 amide bonds. The third kappa shape index (κ3) is 6.94. The Morgan fingerprint density at radius 2 is 1.61 bits per heavy atom. The Morgan fingerprint density at radius 3 is 2.21 bits per heavy atom. The molecule has 3 rings (SSSR count). The molecule has 0 heterocycles. The van der Waals surface area contributed by atoms with Gasteiger partial charge in [0, 0.05) is 5.56 Å². The lowest BCUT2D eigenvalue weighted by molar-refractivity contribution is -0.137. The van der Waals surface area contributed by atoms with Crippen molar-refractivity contribution in [3.63, 3.8) is 0 Å². The van der Waals surface area contributed by atoms with Crippen molar-refractivity contribution >= 4 is 12.1 Å². The molecule has 1 N–H and O–H groups in total. The van der Waals surface area contributed by atoms with E-state index in [1.54, 1.807) is 24.3 Å². The van der Waals surface area contributed by atoms with Gasteiger partial charge in [-0.2, -0.15) is 18.3 Å². The Balaban J connectivity index is 1.53. The summed E-state index contributed by atoms with van der Waals surface area (Å²) in [5.74, 6) is 0.289. The molecule has 0 saturated carbocycles. The van der Waals surface area contributed by atoms with Crippen molar-refractivity contribution in [2.45, 2.75) is 39.0 Å². The van der Waals surface area contributed by atoms with Gasteiger partial charge in [-0.15, -0.1) is 0 Å². The molecule has 3 aromatic carbocycles. The van der Waals surface area contributed by atoms with Gasteiger partial charge in [0.05, 0.1) is 11.8 Å². The number of ether oxygens (including phenoxy) is 1. The summed E-state index contributed by atoms with van der Waals surface area (Å²) >= 11 is 0. The van der Waals surface area contributed by atoms with Crippen molar-refractivity contribution in [2.75, 3.05) is 0 Å². The second kappa shape index (κ2) is 9.90. The van der Waals surface area contributed by atoms with Crippen LogP contribution in [0.4, 0.5) is 13.2 Å². The normalized spacial score (nSPS) is 12.1. The first kappa shape index (κ1) is 24.0. The lowest BCUT2D eigenvalue weighted by atomic mass is 9.87. The molecule has 0 saturated heterocycles. The predicted molar refractivity (Wildman–Crippen MR) is 122 cm³/mol. The number of hydrogen-bond donors (Lipinski definition) is 1. The Kier molecular flexibility index (Phi) is 7.21. The average Bonchev–Trinajstić information content (AvgIpc) is 2.77. The van der Waals surface area contributed by atoms with Gasteiger partial charge in [0.2, 0.25) is 0 Å². The van der Waals surface area contributed by atoms with E-state index in [2.05, 4.69) is 31.3 Å². The van der Waals surface area contributed by atoms with Crippen molar-refractivity contribution < 1.29 is 22.7 Å². The zero-order valence-electron chi connectivity index (χ0n) is 18.6. The van der Waals surface area contributed by atoms with Gasteiger partial charge in [-0.1, -0.05) is 57.2 Å².